The molecule has 2 aromatic heterocycles. The molecule has 6 nitrogen and oxygen atoms in total. The SMILES string of the molecule is CCCCn1c(SCC(=O)Nc2ccc(C)c(C)c2)nc2c(oc3ccccc32)c1=O. The number of nitrogens with zero attached hydrogens (tertiary/aromatic N) is 2. The third-order valence-corrected chi connectivity index (χ3v) is 6.28. The van der Waals surface area contributed by atoms with Crippen molar-refractivity contribution >= 4 is 45.4 Å². The van der Waals surface area contributed by atoms with E-state index in [9.17, 15) is 9.59 Å². The van der Waals surface area contributed by atoms with Gasteiger partial charge in [-0.1, -0.05) is 43.3 Å². The third kappa shape index (κ3) is 4.37. The lowest BCUT2D eigenvalue weighted by Crippen LogP contribution is -2.24. The van der Waals surface area contributed by atoms with Crippen molar-refractivity contribution in [2.75, 3.05) is 11.1 Å². The number of unbranched alkanes of at least 4 members (excludes halogenated alkanes) is 1. The average molecular weight is 436 g/mol. The first kappa shape index (κ1) is 21.2. The van der Waals surface area contributed by atoms with Gasteiger partial charge in [0.25, 0.3) is 5.56 Å². The lowest BCUT2D eigenvalue weighted by molar-refractivity contribution is -0.113. The molecular weight excluding hydrogens is 410 g/mol. The molecule has 0 fully saturated rings. The van der Waals surface area contributed by atoms with E-state index in [0.29, 0.717) is 22.8 Å². The Morgan fingerprint density at radius 2 is 1.97 bits per heavy atom. The monoisotopic (exact) mass is 435 g/mol. The summed E-state index contributed by atoms with van der Waals surface area (Å²) in [4.78, 5) is 30.4. The zero-order chi connectivity index (χ0) is 22.0. The Labute approximate surface area is 184 Å². The number of thioether (sulfide) groups is 1. The smallest absolute Gasteiger partial charge is 0.297 e. The lowest BCUT2D eigenvalue weighted by Gasteiger charge is -2.11. The van der Waals surface area contributed by atoms with E-state index in [1.807, 2.05) is 56.3 Å². The number of hydrogen-bond donors (Lipinski definition) is 1. The number of benzene rings is 2. The van der Waals surface area contributed by atoms with Crippen LogP contribution in [0.3, 0.4) is 0 Å². The minimum Gasteiger partial charge on any atom is -0.448 e. The largest absolute Gasteiger partial charge is 0.448 e. The van der Waals surface area contributed by atoms with Crippen molar-refractivity contribution in [2.45, 2.75) is 45.3 Å². The van der Waals surface area contributed by atoms with Gasteiger partial charge in [0, 0.05) is 17.6 Å². The fourth-order valence-corrected chi connectivity index (χ4v) is 4.24. The van der Waals surface area contributed by atoms with E-state index in [0.717, 1.165) is 29.5 Å². The number of carbonyl (C=O) groups excluding carboxylic acids is 1. The Morgan fingerprint density at radius 1 is 1.16 bits per heavy atom. The molecule has 0 aliphatic heterocycles. The average Bonchev–Trinajstić information content (AvgIpc) is 3.13. The number of para-hydroxylation sites is 1. The van der Waals surface area contributed by atoms with Gasteiger partial charge in [0.2, 0.25) is 11.5 Å². The van der Waals surface area contributed by atoms with Crippen LogP contribution in [0.4, 0.5) is 5.69 Å². The van der Waals surface area contributed by atoms with Crippen LogP contribution in [0.1, 0.15) is 30.9 Å². The van der Waals surface area contributed by atoms with Crippen LogP contribution >= 0.6 is 11.8 Å². The van der Waals surface area contributed by atoms with Crippen LogP contribution in [0.25, 0.3) is 22.1 Å². The van der Waals surface area contributed by atoms with Gasteiger partial charge >= 0.3 is 0 Å². The number of furan rings is 1. The molecule has 1 N–H and O–H groups in total. The van der Waals surface area contributed by atoms with Gasteiger partial charge in [0.15, 0.2) is 5.16 Å². The maximum atomic E-state index is 13.1. The maximum Gasteiger partial charge on any atom is 0.297 e. The second-order valence-electron chi connectivity index (χ2n) is 7.62. The van der Waals surface area contributed by atoms with Crippen molar-refractivity contribution in [2.24, 2.45) is 0 Å². The highest BCUT2D eigenvalue weighted by Crippen LogP contribution is 2.27. The number of aryl methyl sites for hydroxylation is 2. The molecule has 0 saturated heterocycles. The van der Waals surface area contributed by atoms with E-state index in [2.05, 4.69) is 12.2 Å². The van der Waals surface area contributed by atoms with Crippen LogP contribution in [-0.2, 0) is 11.3 Å². The number of nitrogens with one attached hydrogen (secondary N) is 1. The summed E-state index contributed by atoms with van der Waals surface area (Å²) in [7, 11) is 0. The summed E-state index contributed by atoms with van der Waals surface area (Å²) in [5, 5.41) is 4.27. The summed E-state index contributed by atoms with van der Waals surface area (Å²) >= 11 is 1.27. The summed E-state index contributed by atoms with van der Waals surface area (Å²) in [6, 6.07) is 13.3. The Morgan fingerprint density at radius 3 is 2.74 bits per heavy atom. The predicted octanol–water partition coefficient (Wildman–Crippen LogP) is 5.29. The highest BCUT2D eigenvalue weighted by atomic mass is 32.2. The molecule has 0 spiro atoms. The first-order chi connectivity index (χ1) is 15.0. The van der Waals surface area contributed by atoms with Gasteiger partial charge in [-0.25, -0.2) is 4.98 Å². The Kier molecular flexibility index (Phi) is 6.13. The molecule has 7 heteroatoms. The molecule has 2 heterocycles. The molecule has 4 rings (SSSR count). The van der Waals surface area contributed by atoms with Crippen molar-refractivity contribution in [1.29, 1.82) is 0 Å². The van der Waals surface area contributed by atoms with Crippen LogP contribution < -0.4 is 10.9 Å². The van der Waals surface area contributed by atoms with Gasteiger partial charge in [-0.15, -0.1) is 0 Å². The zero-order valence-corrected chi connectivity index (χ0v) is 18.7. The van der Waals surface area contributed by atoms with Crippen LogP contribution in [0, 0.1) is 13.8 Å². The number of hydrogen-bond acceptors (Lipinski definition) is 5. The van der Waals surface area contributed by atoms with Crippen molar-refractivity contribution in [1.82, 2.24) is 9.55 Å². The van der Waals surface area contributed by atoms with Gasteiger partial charge in [0.05, 0.1) is 5.75 Å². The van der Waals surface area contributed by atoms with Crippen molar-refractivity contribution in [3.05, 3.63) is 63.9 Å². The molecule has 0 unspecified atom stereocenters. The zero-order valence-electron chi connectivity index (χ0n) is 17.9. The normalized spacial score (nSPS) is 11.3. The molecule has 0 radical (unpaired) electrons. The topological polar surface area (TPSA) is 77.1 Å². The first-order valence-corrected chi connectivity index (χ1v) is 11.4. The fraction of sp³-hybridized carbons (Fsp3) is 0.292. The molecule has 160 valence electrons. The standard InChI is InChI=1S/C24H25N3O3S/c1-4-5-12-27-23(29)22-21(18-8-6-7-9-19(18)30-22)26-24(27)31-14-20(28)25-17-11-10-15(2)16(3)13-17/h6-11,13H,4-5,12,14H2,1-3H3,(H,25,28). The summed E-state index contributed by atoms with van der Waals surface area (Å²) in [6.45, 7) is 6.66. The van der Waals surface area contributed by atoms with Crippen molar-refractivity contribution in [3.8, 4) is 0 Å². The molecule has 0 aliphatic rings. The van der Waals surface area contributed by atoms with E-state index in [1.54, 1.807) is 4.57 Å². The molecule has 4 aromatic rings. The number of aromatic nitrogens is 2. The van der Waals surface area contributed by atoms with Gasteiger partial charge in [-0.3, -0.25) is 14.2 Å². The fourth-order valence-electron chi connectivity index (χ4n) is 3.42. The number of anilines is 1. The van der Waals surface area contributed by atoms with E-state index in [1.165, 1.54) is 17.3 Å². The Bertz CT molecular complexity index is 1320. The van der Waals surface area contributed by atoms with E-state index >= 15 is 0 Å². The molecule has 31 heavy (non-hydrogen) atoms. The first-order valence-electron chi connectivity index (χ1n) is 10.4. The Hall–Kier alpha value is -3.06. The summed E-state index contributed by atoms with van der Waals surface area (Å²) in [6.07, 6.45) is 1.79. The van der Waals surface area contributed by atoms with Crippen molar-refractivity contribution in [3.63, 3.8) is 0 Å². The minimum atomic E-state index is -0.202. The van der Waals surface area contributed by atoms with E-state index in [-0.39, 0.29) is 22.8 Å². The molecule has 0 saturated carbocycles. The highest BCUT2D eigenvalue weighted by Gasteiger charge is 2.18. The van der Waals surface area contributed by atoms with Gasteiger partial charge in [0.1, 0.15) is 11.1 Å². The molecule has 0 bridgehead atoms. The van der Waals surface area contributed by atoms with E-state index < -0.39 is 0 Å². The molecule has 1 amide bonds. The summed E-state index contributed by atoms with van der Waals surface area (Å²) in [5.74, 6) is 0.0222. The molecular formula is C24H25N3O3S. The van der Waals surface area contributed by atoms with E-state index in [4.69, 9.17) is 9.40 Å². The van der Waals surface area contributed by atoms with Gasteiger partial charge < -0.3 is 9.73 Å². The number of amides is 1. The molecule has 0 aliphatic carbocycles. The second kappa shape index (κ2) is 8.98. The maximum absolute atomic E-state index is 13.1. The van der Waals surface area contributed by atoms with Crippen LogP contribution in [0.5, 0.6) is 0 Å². The van der Waals surface area contributed by atoms with Crippen molar-refractivity contribution < 1.29 is 9.21 Å². The number of carbonyl (C=O) groups is 1. The molecule has 0 atom stereocenters. The Balaban J connectivity index is 1.63. The predicted molar refractivity (Wildman–Crippen MR) is 126 cm³/mol. The van der Waals surface area contributed by atoms with Gasteiger partial charge in [-0.2, -0.15) is 0 Å². The van der Waals surface area contributed by atoms with Gasteiger partial charge in [-0.05, 0) is 55.7 Å². The van der Waals surface area contributed by atoms with Crippen LogP contribution in [0.2, 0.25) is 0 Å². The lowest BCUT2D eigenvalue weighted by atomic mass is 10.1. The highest BCUT2D eigenvalue weighted by molar-refractivity contribution is 7.99. The minimum absolute atomic E-state index is 0.137. The third-order valence-electron chi connectivity index (χ3n) is 5.31. The quantitative estimate of drug-likeness (QED) is 0.315. The van der Waals surface area contributed by atoms with Crippen LogP contribution in [-0.4, -0.2) is 21.2 Å². The second-order valence-corrected chi connectivity index (χ2v) is 8.56. The van der Waals surface area contributed by atoms with Crippen LogP contribution in [0.15, 0.2) is 56.8 Å². The summed E-state index contributed by atoms with van der Waals surface area (Å²) in [5.41, 5.74) is 4.31. The summed E-state index contributed by atoms with van der Waals surface area (Å²) < 4.78 is 7.43. The number of rotatable bonds is 7. The molecule has 2 aromatic carbocycles. The number of fused-ring (bicyclic) bond motifs is 3.